The molecule has 2 rings (SSSR count). The molecule has 1 fully saturated rings. The fraction of sp³-hybridized carbons (Fsp3) is 0.364. The third-order valence-corrected chi connectivity index (χ3v) is 3.89. The minimum absolute atomic E-state index is 0.0809. The molecule has 0 saturated carbocycles. The van der Waals surface area contributed by atoms with Crippen LogP contribution in [-0.4, -0.2) is 33.5 Å². The van der Waals surface area contributed by atoms with Crippen LogP contribution in [0.15, 0.2) is 18.2 Å². The summed E-state index contributed by atoms with van der Waals surface area (Å²) in [6.07, 6.45) is -0.236. The van der Waals surface area contributed by atoms with Crippen LogP contribution < -0.4 is 11.0 Å². The molecule has 7 nitrogen and oxygen atoms in total. The van der Waals surface area contributed by atoms with Gasteiger partial charge < -0.3 is 25.4 Å². The molecule has 19 heavy (non-hydrogen) atoms. The summed E-state index contributed by atoms with van der Waals surface area (Å²) in [5.41, 5.74) is 6.44. The molecule has 5 N–H and O–H groups in total. The Morgan fingerprint density at radius 2 is 2.16 bits per heavy atom. The zero-order valence-electron chi connectivity index (χ0n) is 9.89. The normalized spacial score (nSPS) is 20.1. The lowest BCUT2D eigenvalue weighted by Gasteiger charge is -2.12. The summed E-state index contributed by atoms with van der Waals surface area (Å²) < 4.78 is 16.4. The first-order valence-electron chi connectivity index (χ1n) is 5.58. The van der Waals surface area contributed by atoms with Crippen molar-refractivity contribution in [2.24, 2.45) is 5.73 Å². The average Bonchev–Trinajstić information content (AvgIpc) is 3.10. The SMILES string of the molecule is NC(Cc1ccc(P(=O)(O)O)c(C2CO2)c1)C(=O)O. The van der Waals surface area contributed by atoms with E-state index in [9.17, 15) is 19.1 Å². The van der Waals surface area contributed by atoms with Gasteiger partial charge in [0.05, 0.1) is 11.9 Å². The fourth-order valence-electron chi connectivity index (χ4n) is 1.82. The fourth-order valence-corrected chi connectivity index (χ4v) is 2.64. The van der Waals surface area contributed by atoms with Gasteiger partial charge in [0.2, 0.25) is 0 Å². The third-order valence-electron chi connectivity index (χ3n) is 2.86. The first-order valence-corrected chi connectivity index (χ1v) is 7.19. The Balaban J connectivity index is 2.32. The molecule has 0 spiro atoms. The van der Waals surface area contributed by atoms with E-state index in [1.807, 2.05) is 0 Å². The Morgan fingerprint density at radius 3 is 2.63 bits per heavy atom. The van der Waals surface area contributed by atoms with Crippen molar-refractivity contribution >= 4 is 18.9 Å². The van der Waals surface area contributed by atoms with Crippen molar-refractivity contribution < 1.29 is 29.0 Å². The van der Waals surface area contributed by atoms with Gasteiger partial charge in [-0.1, -0.05) is 12.1 Å². The largest absolute Gasteiger partial charge is 0.480 e. The van der Waals surface area contributed by atoms with Crippen molar-refractivity contribution in [3.63, 3.8) is 0 Å². The molecule has 0 amide bonds. The highest BCUT2D eigenvalue weighted by atomic mass is 31.2. The number of epoxide rings is 1. The molecule has 0 aromatic heterocycles. The van der Waals surface area contributed by atoms with Crippen LogP contribution in [-0.2, 0) is 20.5 Å². The highest BCUT2D eigenvalue weighted by Gasteiger charge is 2.33. The van der Waals surface area contributed by atoms with Crippen LogP contribution in [0, 0.1) is 0 Å². The minimum Gasteiger partial charge on any atom is -0.480 e. The van der Waals surface area contributed by atoms with Crippen LogP contribution in [0.4, 0.5) is 0 Å². The molecule has 1 aromatic carbocycles. The number of benzene rings is 1. The molecule has 104 valence electrons. The predicted molar refractivity (Wildman–Crippen MR) is 66.1 cm³/mol. The highest BCUT2D eigenvalue weighted by Crippen LogP contribution is 2.40. The second-order valence-electron chi connectivity index (χ2n) is 4.41. The van der Waals surface area contributed by atoms with Crippen molar-refractivity contribution in [2.75, 3.05) is 6.61 Å². The maximum absolute atomic E-state index is 11.3. The molecular formula is C11H14NO6P. The van der Waals surface area contributed by atoms with Crippen LogP contribution in [0.3, 0.4) is 0 Å². The monoisotopic (exact) mass is 287 g/mol. The number of carboxylic acid groups (broad SMARTS) is 1. The number of hydrogen-bond acceptors (Lipinski definition) is 4. The Labute approximate surface area is 109 Å². The van der Waals surface area contributed by atoms with Gasteiger partial charge in [-0.2, -0.15) is 0 Å². The molecule has 0 bridgehead atoms. The van der Waals surface area contributed by atoms with Gasteiger partial charge in [0.1, 0.15) is 12.1 Å². The highest BCUT2D eigenvalue weighted by molar-refractivity contribution is 7.60. The van der Waals surface area contributed by atoms with E-state index in [1.54, 1.807) is 6.07 Å². The molecule has 1 aromatic rings. The van der Waals surface area contributed by atoms with E-state index in [-0.39, 0.29) is 17.8 Å². The first-order chi connectivity index (χ1) is 8.79. The smallest absolute Gasteiger partial charge is 0.356 e. The molecule has 1 aliphatic heterocycles. The molecule has 1 aliphatic rings. The van der Waals surface area contributed by atoms with E-state index in [0.717, 1.165) is 0 Å². The predicted octanol–water partition coefficient (Wildman–Crippen LogP) is -0.485. The number of nitrogens with two attached hydrogens (primary N) is 1. The summed E-state index contributed by atoms with van der Waals surface area (Å²) in [7, 11) is -4.37. The van der Waals surface area contributed by atoms with E-state index < -0.39 is 19.6 Å². The second kappa shape index (κ2) is 5.03. The summed E-state index contributed by atoms with van der Waals surface area (Å²) >= 11 is 0. The number of carbonyl (C=O) groups is 1. The molecule has 2 atom stereocenters. The van der Waals surface area contributed by atoms with Gasteiger partial charge in [0, 0.05) is 0 Å². The number of rotatable bonds is 5. The van der Waals surface area contributed by atoms with Gasteiger partial charge in [-0.15, -0.1) is 0 Å². The summed E-state index contributed by atoms with van der Waals surface area (Å²) in [5, 5.41) is 8.66. The van der Waals surface area contributed by atoms with Crippen LogP contribution >= 0.6 is 7.60 Å². The zero-order valence-corrected chi connectivity index (χ0v) is 10.8. The molecule has 0 aliphatic carbocycles. The first kappa shape index (κ1) is 14.2. The quantitative estimate of drug-likeness (QED) is 0.424. The van der Waals surface area contributed by atoms with E-state index in [0.29, 0.717) is 17.7 Å². The van der Waals surface area contributed by atoms with Gasteiger partial charge in [-0.3, -0.25) is 9.36 Å². The van der Waals surface area contributed by atoms with Crippen molar-refractivity contribution in [3.05, 3.63) is 29.3 Å². The lowest BCUT2D eigenvalue weighted by atomic mass is 10.0. The van der Waals surface area contributed by atoms with Crippen LogP contribution in [0.5, 0.6) is 0 Å². The number of carboxylic acids is 1. The minimum atomic E-state index is -4.37. The molecule has 1 heterocycles. The van der Waals surface area contributed by atoms with Gasteiger partial charge >= 0.3 is 13.6 Å². The lowest BCUT2D eigenvalue weighted by molar-refractivity contribution is -0.138. The maximum atomic E-state index is 11.3. The van der Waals surface area contributed by atoms with Gasteiger partial charge in [0.25, 0.3) is 0 Å². The molecular weight excluding hydrogens is 273 g/mol. The van der Waals surface area contributed by atoms with Gasteiger partial charge in [0.15, 0.2) is 0 Å². The maximum Gasteiger partial charge on any atom is 0.356 e. The Morgan fingerprint density at radius 1 is 1.53 bits per heavy atom. The van der Waals surface area contributed by atoms with E-state index in [2.05, 4.69) is 0 Å². The zero-order chi connectivity index (χ0) is 14.2. The molecule has 0 radical (unpaired) electrons. The summed E-state index contributed by atoms with van der Waals surface area (Å²) in [6.45, 7) is 0.404. The summed E-state index contributed by atoms with van der Waals surface area (Å²) in [4.78, 5) is 29.2. The Hall–Kier alpha value is -1.24. The van der Waals surface area contributed by atoms with Crippen LogP contribution in [0.25, 0.3) is 0 Å². The standard InChI is InChI=1S/C11H14NO6P/c12-8(11(13)14)4-6-1-2-10(19(15,16)17)7(3-6)9-5-18-9/h1-3,8-9H,4-5,12H2,(H,13,14)(H2,15,16,17). The second-order valence-corrected chi connectivity index (χ2v) is 5.98. The number of ether oxygens (including phenoxy) is 1. The van der Waals surface area contributed by atoms with E-state index >= 15 is 0 Å². The summed E-state index contributed by atoms with van der Waals surface area (Å²) in [5.74, 6) is -1.12. The lowest BCUT2D eigenvalue weighted by Crippen LogP contribution is -2.32. The molecule has 1 saturated heterocycles. The van der Waals surface area contributed by atoms with Crippen molar-refractivity contribution in [3.8, 4) is 0 Å². The number of aliphatic carboxylic acids is 1. The third kappa shape index (κ3) is 3.40. The van der Waals surface area contributed by atoms with E-state index in [4.69, 9.17) is 15.6 Å². The number of hydrogen-bond donors (Lipinski definition) is 4. The summed E-state index contributed by atoms with van der Waals surface area (Å²) in [6, 6.07) is 3.29. The van der Waals surface area contributed by atoms with Crippen LogP contribution in [0.2, 0.25) is 0 Å². The van der Waals surface area contributed by atoms with Crippen LogP contribution in [0.1, 0.15) is 17.2 Å². The van der Waals surface area contributed by atoms with Gasteiger partial charge in [-0.25, -0.2) is 0 Å². The molecule has 2 unspecified atom stereocenters. The average molecular weight is 287 g/mol. The van der Waals surface area contributed by atoms with Crippen molar-refractivity contribution in [1.82, 2.24) is 0 Å². The van der Waals surface area contributed by atoms with Crippen molar-refractivity contribution in [2.45, 2.75) is 18.6 Å². The Bertz CT molecular complexity index is 550. The topological polar surface area (TPSA) is 133 Å². The van der Waals surface area contributed by atoms with Gasteiger partial charge in [-0.05, 0) is 23.6 Å². The molecule has 8 heteroatoms. The Kier molecular flexibility index (Phi) is 3.75. The van der Waals surface area contributed by atoms with Crippen molar-refractivity contribution in [1.29, 1.82) is 0 Å². The van der Waals surface area contributed by atoms with E-state index in [1.165, 1.54) is 12.1 Å².